The average Bonchev–Trinajstić information content (AvgIpc) is 2.89. The van der Waals surface area contributed by atoms with E-state index in [0.29, 0.717) is 24.3 Å². The van der Waals surface area contributed by atoms with E-state index in [1.54, 1.807) is 36.8 Å². The van der Waals surface area contributed by atoms with Gasteiger partial charge in [0.1, 0.15) is 5.15 Å². The molecule has 184 valence electrons. The van der Waals surface area contributed by atoms with E-state index in [1.807, 2.05) is 62.3 Å². The molecule has 33 heavy (non-hydrogen) atoms. The molecule has 1 amide bonds. The number of pyridine rings is 1. The Hall–Kier alpha value is -2.03. The minimum absolute atomic E-state index is 0.187. The molecule has 9 heteroatoms. The number of carbonyl (C=O) groups is 1. The fourth-order valence-electron chi connectivity index (χ4n) is 2.58. The van der Waals surface area contributed by atoms with Gasteiger partial charge in [0.25, 0.3) is 5.91 Å². The number of hydrogen-bond donors (Lipinski definition) is 1. The van der Waals surface area contributed by atoms with Crippen LogP contribution in [0.4, 0.5) is 0 Å². The molecule has 7 nitrogen and oxygen atoms in total. The number of nitrogens with zero attached hydrogens (tertiary/aromatic N) is 1. The SMILES string of the molecule is CCO/C=C/B1OC(C)(C)C(C)(C)O1.CCOC=Cc1cnc(Cl)cc1C(=O)NC(C)(C)C. The third-order valence-electron chi connectivity index (χ3n) is 4.92. The Labute approximate surface area is 204 Å². The third-order valence-corrected chi connectivity index (χ3v) is 5.12. The smallest absolute Gasteiger partial charge is 0.490 e. The summed E-state index contributed by atoms with van der Waals surface area (Å²) in [6.07, 6.45) is 6.42. The second-order valence-corrected chi connectivity index (χ2v) is 9.85. The lowest BCUT2D eigenvalue weighted by Crippen LogP contribution is -2.41. The van der Waals surface area contributed by atoms with E-state index in [-0.39, 0.29) is 34.9 Å². The number of carbonyl (C=O) groups excluding carboxylic acids is 1. The van der Waals surface area contributed by atoms with Crippen LogP contribution in [0.3, 0.4) is 0 Å². The molecule has 1 aliphatic rings. The molecule has 1 aliphatic heterocycles. The molecule has 1 aromatic heterocycles. The van der Waals surface area contributed by atoms with Crippen molar-refractivity contribution < 1.29 is 23.6 Å². The maximum atomic E-state index is 12.2. The Kier molecular flexibility index (Phi) is 10.9. The number of amides is 1. The number of rotatable bonds is 7. The Balaban J connectivity index is 0.000000346. The summed E-state index contributed by atoms with van der Waals surface area (Å²) in [6, 6.07) is 1.55. The summed E-state index contributed by atoms with van der Waals surface area (Å²) in [5.41, 5.74) is 0.293. The summed E-state index contributed by atoms with van der Waals surface area (Å²) >= 11 is 5.85. The first-order chi connectivity index (χ1) is 15.2. The van der Waals surface area contributed by atoms with Crippen LogP contribution in [0, 0.1) is 0 Å². The van der Waals surface area contributed by atoms with Gasteiger partial charge in [-0.1, -0.05) is 11.6 Å². The molecule has 0 bridgehead atoms. The molecule has 0 aliphatic carbocycles. The predicted octanol–water partition coefficient (Wildman–Crippen LogP) is 5.44. The van der Waals surface area contributed by atoms with E-state index in [2.05, 4.69) is 10.3 Å². The molecule has 0 radical (unpaired) electrons. The maximum absolute atomic E-state index is 12.2. The quantitative estimate of drug-likeness (QED) is 0.318. The van der Waals surface area contributed by atoms with Crippen molar-refractivity contribution in [2.24, 2.45) is 0 Å². The first kappa shape index (κ1) is 29.0. The highest BCUT2D eigenvalue weighted by molar-refractivity contribution is 6.51. The fraction of sp³-hybridized carbons (Fsp3) is 0.583. The number of halogens is 1. The molecule has 0 spiro atoms. The van der Waals surface area contributed by atoms with Gasteiger partial charge in [-0.25, -0.2) is 4.98 Å². The van der Waals surface area contributed by atoms with Crippen molar-refractivity contribution in [1.29, 1.82) is 0 Å². The van der Waals surface area contributed by atoms with Crippen molar-refractivity contribution in [3.63, 3.8) is 0 Å². The van der Waals surface area contributed by atoms with Crippen LogP contribution < -0.4 is 5.32 Å². The van der Waals surface area contributed by atoms with Gasteiger partial charge >= 0.3 is 7.12 Å². The van der Waals surface area contributed by atoms with Crippen molar-refractivity contribution in [2.45, 2.75) is 79.1 Å². The molecule has 1 fully saturated rings. The lowest BCUT2D eigenvalue weighted by molar-refractivity contribution is 0.00578. The average molecular weight is 481 g/mol. The zero-order valence-electron chi connectivity index (χ0n) is 21.3. The van der Waals surface area contributed by atoms with Gasteiger partial charge in [0.05, 0.1) is 42.5 Å². The Morgan fingerprint density at radius 1 is 1.12 bits per heavy atom. The molecule has 0 saturated carbocycles. The van der Waals surface area contributed by atoms with Gasteiger partial charge < -0.3 is 24.1 Å². The third kappa shape index (κ3) is 9.78. The molecule has 2 heterocycles. The van der Waals surface area contributed by atoms with Crippen LogP contribution in [0.2, 0.25) is 5.15 Å². The molecule has 0 aromatic carbocycles. The summed E-state index contributed by atoms with van der Waals surface area (Å²) in [6.45, 7) is 18.9. The van der Waals surface area contributed by atoms with Crippen LogP contribution in [-0.4, -0.2) is 48.0 Å². The highest BCUT2D eigenvalue weighted by Gasteiger charge is 2.50. The van der Waals surface area contributed by atoms with Crippen molar-refractivity contribution in [3.8, 4) is 0 Å². The molecule has 1 saturated heterocycles. The molecular formula is C24H38BClN2O5. The minimum atomic E-state index is -0.312. The summed E-state index contributed by atoms with van der Waals surface area (Å²) in [4.78, 5) is 16.2. The molecular weight excluding hydrogens is 443 g/mol. The van der Waals surface area contributed by atoms with E-state index in [4.69, 9.17) is 30.4 Å². The molecule has 2 rings (SSSR count). The van der Waals surface area contributed by atoms with Crippen molar-refractivity contribution in [3.05, 3.63) is 47.0 Å². The molecule has 1 N–H and O–H groups in total. The number of aromatic nitrogens is 1. The first-order valence-electron chi connectivity index (χ1n) is 11.1. The second-order valence-electron chi connectivity index (χ2n) is 9.47. The summed E-state index contributed by atoms with van der Waals surface area (Å²) in [5, 5.41) is 3.18. The minimum Gasteiger partial charge on any atom is -0.502 e. The van der Waals surface area contributed by atoms with Gasteiger partial charge in [0.15, 0.2) is 0 Å². The van der Waals surface area contributed by atoms with E-state index in [9.17, 15) is 4.79 Å². The van der Waals surface area contributed by atoms with E-state index in [1.165, 1.54) is 0 Å². The summed E-state index contributed by atoms with van der Waals surface area (Å²) < 4.78 is 21.7. The Bertz CT molecular complexity index is 819. The summed E-state index contributed by atoms with van der Waals surface area (Å²) in [7, 11) is -0.299. The van der Waals surface area contributed by atoms with Gasteiger partial charge in [-0.15, -0.1) is 0 Å². The maximum Gasteiger partial charge on any atom is 0.490 e. The van der Waals surface area contributed by atoms with Crippen molar-refractivity contribution in [1.82, 2.24) is 10.3 Å². The van der Waals surface area contributed by atoms with Gasteiger partial charge in [-0.05, 0) is 80.4 Å². The van der Waals surface area contributed by atoms with Crippen molar-refractivity contribution in [2.75, 3.05) is 13.2 Å². The highest BCUT2D eigenvalue weighted by atomic mass is 35.5. The predicted molar refractivity (Wildman–Crippen MR) is 134 cm³/mol. The number of hydrogen-bond acceptors (Lipinski definition) is 6. The lowest BCUT2D eigenvalue weighted by Gasteiger charge is -2.32. The lowest BCUT2D eigenvalue weighted by atomic mass is 9.90. The van der Waals surface area contributed by atoms with Gasteiger partial charge in [0.2, 0.25) is 0 Å². The van der Waals surface area contributed by atoms with Crippen LogP contribution in [0.25, 0.3) is 6.08 Å². The van der Waals surface area contributed by atoms with Crippen LogP contribution in [-0.2, 0) is 18.8 Å². The topological polar surface area (TPSA) is 78.9 Å². The normalized spacial score (nSPS) is 17.1. The van der Waals surface area contributed by atoms with E-state index >= 15 is 0 Å². The number of ether oxygens (including phenoxy) is 2. The largest absolute Gasteiger partial charge is 0.502 e. The van der Waals surface area contributed by atoms with E-state index in [0.717, 1.165) is 0 Å². The Morgan fingerprint density at radius 3 is 2.18 bits per heavy atom. The highest BCUT2D eigenvalue weighted by Crippen LogP contribution is 2.36. The second kappa shape index (κ2) is 12.4. The van der Waals surface area contributed by atoms with Crippen LogP contribution >= 0.6 is 11.6 Å². The zero-order chi connectivity index (χ0) is 25.3. The Morgan fingerprint density at radius 2 is 1.67 bits per heavy atom. The van der Waals surface area contributed by atoms with Crippen LogP contribution in [0.1, 0.15) is 78.2 Å². The van der Waals surface area contributed by atoms with E-state index < -0.39 is 0 Å². The van der Waals surface area contributed by atoms with Crippen LogP contribution in [0.5, 0.6) is 0 Å². The van der Waals surface area contributed by atoms with Crippen LogP contribution in [0.15, 0.2) is 30.8 Å². The van der Waals surface area contributed by atoms with Gasteiger partial charge in [-0.2, -0.15) is 0 Å². The summed E-state index contributed by atoms with van der Waals surface area (Å²) in [5.74, 6) is 1.60. The van der Waals surface area contributed by atoms with Gasteiger partial charge in [-0.3, -0.25) is 4.79 Å². The zero-order valence-corrected chi connectivity index (χ0v) is 22.1. The monoisotopic (exact) mass is 480 g/mol. The van der Waals surface area contributed by atoms with Crippen molar-refractivity contribution >= 4 is 30.7 Å². The van der Waals surface area contributed by atoms with Gasteiger partial charge in [0, 0.05) is 17.3 Å². The standard InChI is InChI=1S/C14H19ClN2O2.C10H19BO3/c1-5-19-7-6-10-9-16-12(15)8-11(10)13(18)17-14(2,3)4;1-6-12-8-7-11-13-9(2,3)10(4,5)14-11/h6-9H,5H2,1-4H3,(H,17,18);7-8H,6H2,1-5H3/b;8-7+. The fourth-order valence-corrected chi connectivity index (χ4v) is 2.74. The number of nitrogens with one attached hydrogen (secondary N) is 1. The molecule has 1 aromatic rings. The molecule has 0 atom stereocenters. The first-order valence-corrected chi connectivity index (χ1v) is 11.5. The molecule has 0 unspecified atom stereocenters.